The van der Waals surface area contributed by atoms with Crippen molar-refractivity contribution >= 4 is 0 Å². The summed E-state index contributed by atoms with van der Waals surface area (Å²) in [6.45, 7) is 18.6. The zero-order valence-electron chi connectivity index (χ0n) is 18.7. The van der Waals surface area contributed by atoms with E-state index >= 15 is 0 Å². The smallest absolute Gasteiger partial charge is 0.0309 e. The van der Waals surface area contributed by atoms with Crippen LogP contribution in [0, 0.1) is 10.8 Å². The normalized spacial score (nSPS) is 16.7. The molecule has 1 aromatic rings. The molecule has 0 unspecified atom stereocenters. The summed E-state index contributed by atoms with van der Waals surface area (Å²) in [5.74, 6) is 0. The molecule has 2 N–H and O–H groups in total. The number of nitrogens with two attached hydrogens (primary N) is 1. The first-order valence-electron chi connectivity index (χ1n) is 10.3. The van der Waals surface area contributed by atoms with E-state index in [2.05, 4.69) is 97.9 Å². The second-order valence-corrected chi connectivity index (χ2v) is 10.3. The zero-order valence-corrected chi connectivity index (χ0v) is 18.7. The summed E-state index contributed by atoms with van der Waals surface area (Å²) in [4.78, 5) is 0. The third-order valence-electron chi connectivity index (χ3n) is 6.55. The second kappa shape index (κ2) is 7.70. The summed E-state index contributed by atoms with van der Waals surface area (Å²) in [6, 6.07) is 10.8. The van der Waals surface area contributed by atoms with Gasteiger partial charge < -0.3 is 5.73 Å². The van der Waals surface area contributed by atoms with E-state index in [0.29, 0.717) is 5.41 Å². The van der Waals surface area contributed by atoms with Crippen LogP contribution in [0.2, 0.25) is 0 Å². The zero-order chi connectivity index (χ0) is 20.5. The number of hydrogen-bond acceptors (Lipinski definition) is 1. The Balaban J connectivity index is 2.53. The van der Waals surface area contributed by atoms with Gasteiger partial charge in [-0.05, 0) is 53.4 Å². The van der Waals surface area contributed by atoms with Crippen molar-refractivity contribution in [1.29, 1.82) is 0 Å². The van der Waals surface area contributed by atoms with Crippen molar-refractivity contribution < 1.29 is 0 Å². The van der Waals surface area contributed by atoms with Crippen LogP contribution in [0.1, 0.15) is 80.2 Å². The Kier molecular flexibility index (Phi) is 6.14. The SMILES string of the molecule is CCC(C)(C)CC(C)(C)C1=CC(N)=C(C)CC(C(C)(C)c2ccccc2)=C1. The first-order chi connectivity index (χ1) is 12.4. The first kappa shape index (κ1) is 21.5. The Bertz CT molecular complexity index is 755. The Hall–Kier alpha value is -1.76. The average Bonchev–Trinajstić information content (AvgIpc) is 2.75. The maximum Gasteiger partial charge on any atom is 0.0309 e. The Labute approximate surface area is 167 Å². The molecule has 0 fully saturated rings. The predicted molar refractivity (Wildman–Crippen MR) is 120 cm³/mol. The number of rotatable bonds is 6. The third-order valence-corrected chi connectivity index (χ3v) is 6.55. The molecule has 148 valence electrons. The molecular formula is C26H39N. The van der Waals surface area contributed by atoms with E-state index in [-0.39, 0.29) is 10.8 Å². The largest absolute Gasteiger partial charge is 0.399 e. The van der Waals surface area contributed by atoms with E-state index in [0.717, 1.165) is 18.5 Å². The van der Waals surface area contributed by atoms with Crippen LogP contribution in [-0.2, 0) is 5.41 Å². The molecule has 27 heavy (non-hydrogen) atoms. The van der Waals surface area contributed by atoms with Gasteiger partial charge >= 0.3 is 0 Å². The molecule has 0 spiro atoms. The molecule has 0 amide bonds. The molecule has 0 saturated carbocycles. The van der Waals surface area contributed by atoms with Crippen LogP contribution in [-0.4, -0.2) is 0 Å². The van der Waals surface area contributed by atoms with E-state index in [1.54, 1.807) is 0 Å². The van der Waals surface area contributed by atoms with E-state index < -0.39 is 0 Å². The van der Waals surface area contributed by atoms with Crippen molar-refractivity contribution in [3.8, 4) is 0 Å². The van der Waals surface area contributed by atoms with Crippen molar-refractivity contribution in [2.75, 3.05) is 0 Å². The summed E-state index contributed by atoms with van der Waals surface area (Å²) in [7, 11) is 0. The van der Waals surface area contributed by atoms with Gasteiger partial charge in [0.05, 0.1) is 0 Å². The van der Waals surface area contributed by atoms with Gasteiger partial charge in [0, 0.05) is 11.1 Å². The predicted octanol–water partition coefficient (Wildman–Crippen LogP) is 7.31. The molecule has 0 aliphatic heterocycles. The van der Waals surface area contributed by atoms with Gasteiger partial charge in [0.15, 0.2) is 0 Å². The van der Waals surface area contributed by atoms with Gasteiger partial charge in [-0.3, -0.25) is 0 Å². The molecule has 0 bridgehead atoms. The highest BCUT2D eigenvalue weighted by molar-refractivity contribution is 5.47. The molecule has 1 heteroatoms. The molecule has 1 aliphatic carbocycles. The lowest BCUT2D eigenvalue weighted by atomic mass is 9.68. The number of allylic oxidation sites excluding steroid dienone is 5. The van der Waals surface area contributed by atoms with Crippen LogP contribution in [0.4, 0.5) is 0 Å². The van der Waals surface area contributed by atoms with Crippen molar-refractivity contribution in [1.82, 2.24) is 0 Å². The summed E-state index contributed by atoms with van der Waals surface area (Å²) in [6.07, 6.45) is 7.93. The topological polar surface area (TPSA) is 26.0 Å². The van der Waals surface area contributed by atoms with Crippen molar-refractivity contribution in [3.05, 3.63) is 70.5 Å². The highest BCUT2D eigenvalue weighted by Gasteiger charge is 2.33. The average molecular weight is 366 g/mol. The highest BCUT2D eigenvalue weighted by Crippen LogP contribution is 2.45. The molecule has 0 heterocycles. The summed E-state index contributed by atoms with van der Waals surface area (Å²) >= 11 is 0. The Morgan fingerprint density at radius 3 is 2.07 bits per heavy atom. The van der Waals surface area contributed by atoms with Gasteiger partial charge in [0.25, 0.3) is 0 Å². The fourth-order valence-corrected chi connectivity index (χ4v) is 4.21. The minimum absolute atomic E-state index is 0.0252. The first-order valence-corrected chi connectivity index (χ1v) is 10.3. The summed E-state index contributed by atoms with van der Waals surface area (Å²) in [5.41, 5.74) is 13.2. The van der Waals surface area contributed by atoms with Crippen LogP contribution in [0.3, 0.4) is 0 Å². The maximum atomic E-state index is 6.48. The minimum atomic E-state index is -0.0252. The standard InChI is InChI=1S/C26H39N/c1-9-24(3,4)18-25(5,6)21-16-22(15-19(2)23(27)17-21)26(7,8)20-13-11-10-12-14-20/h10-14,16-17H,9,15,18,27H2,1-8H3. The molecule has 0 saturated heterocycles. The van der Waals surface area contributed by atoms with Crippen LogP contribution in [0.15, 0.2) is 64.9 Å². The molecule has 0 radical (unpaired) electrons. The summed E-state index contributed by atoms with van der Waals surface area (Å²) < 4.78 is 0. The van der Waals surface area contributed by atoms with E-state index in [4.69, 9.17) is 5.73 Å². The Morgan fingerprint density at radius 1 is 0.926 bits per heavy atom. The quantitative estimate of drug-likeness (QED) is 0.562. The van der Waals surface area contributed by atoms with Crippen LogP contribution in [0.25, 0.3) is 0 Å². The fourth-order valence-electron chi connectivity index (χ4n) is 4.21. The van der Waals surface area contributed by atoms with Crippen LogP contribution in [0.5, 0.6) is 0 Å². The van der Waals surface area contributed by atoms with E-state index in [9.17, 15) is 0 Å². The molecular weight excluding hydrogens is 326 g/mol. The van der Waals surface area contributed by atoms with E-state index in [1.807, 2.05) is 0 Å². The fraction of sp³-hybridized carbons (Fsp3) is 0.538. The van der Waals surface area contributed by atoms with Gasteiger partial charge in [-0.2, -0.15) is 0 Å². The number of hydrogen-bond donors (Lipinski definition) is 1. The second-order valence-electron chi connectivity index (χ2n) is 10.3. The molecule has 1 aromatic carbocycles. The molecule has 0 aromatic heterocycles. The van der Waals surface area contributed by atoms with Crippen LogP contribution < -0.4 is 5.73 Å². The Morgan fingerprint density at radius 2 is 1.52 bits per heavy atom. The minimum Gasteiger partial charge on any atom is -0.399 e. The van der Waals surface area contributed by atoms with Crippen molar-refractivity contribution in [2.45, 2.75) is 80.1 Å². The van der Waals surface area contributed by atoms with Gasteiger partial charge in [-0.1, -0.05) is 96.9 Å². The van der Waals surface area contributed by atoms with Crippen LogP contribution >= 0.6 is 0 Å². The van der Waals surface area contributed by atoms with Gasteiger partial charge in [-0.15, -0.1) is 0 Å². The molecule has 1 aliphatic rings. The monoisotopic (exact) mass is 365 g/mol. The lowest BCUT2D eigenvalue weighted by Crippen LogP contribution is -2.25. The van der Waals surface area contributed by atoms with Gasteiger partial charge in [-0.25, -0.2) is 0 Å². The highest BCUT2D eigenvalue weighted by atomic mass is 14.6. The summed E-state index contributed by atoms with van der Waals surface area (Å²) in [5, 5.41) is 0. The van der Waals surface area contributed by atoms with Gasteiger partial charge in [0.1, 0.15) is 0 Å². The number of benzene rings is 1. The lowest BCUT2D eigenvalue weighted by Gasteiger charge is -2.36. The molecule has 0 atom stereocenters. The molecule has 1 nitrogen and oxygen atoms in total. The van der Waals surface area contributed by atoms with E-state index in [1.165, 1.54) is 28.7 Å². The van der Waals surface area contributed by atoms with Gasteiger partial charge in [0.2, 0.25) is 0 Å². The van der Waals surface area contributed by atoms with Crippen molar-refractivity contribution in [2.24, 2.45) is 16.6 Å². The lowest BCUT2D eigenvalue weighted by molar-refractivity contribution is 0.222. The van der Waals surface area contributed by atoms with Crippen molar-refractivity contribution in [3.63, 3.8) is 0 Å². The molecule has 2 rings (SSSR count). The maximum absolute atomic E-state index is 6.48. The third kappa shape index (κ3) is 4.94.